The molecule has 7 aromatic rings. The quantitative estimate of drug-likeness (QED) is 0.131. The Bertz CT molecular complexity index is 2120. The number of aryl methyl sites for hydroxylation is 1. The molecule has 0 saturated heterocycles. The van der Waals surface area contributed by atoms with Crippen LogP contribution in [-0.2, 0) is 25.5 Å². The average molecular weight is 854 g/mol. The van der Waals surface area contributed by atoms with Gasteiger partial charge in [0.1, 0.15) is 5.58 Å². The van der Waals surface area contributed by atoms with Gasteiger partial charge in [-0.2, -0.15) is 0 Å². The van der Waals surface area contributed by atoms with E-state index in [1.165, 1.54) is 26.6 Å². The first-order valence-corrected chi connectivity index (χ1v) is 23.2. The Morgan fingerprint density at radius 2 is 1.47 bits per heavy atom. The summed E-state index contributed by atoms with van der Waals surface area (Å²) in [5, 5.41) is 2.21. The van der Waals surface area contributed by atoms with Gasteiger partial charge in [-0.05, 0) is 46.0 Å². The summed E-state index contributed by atoms with van der Waals surface area (Å²) in [5.41, 5.74) is 10.7. The van der Waals surface area contributed by atoms with Gasteiger partial charge in [-0.1, -0.05) is 74.2 Å². The second-order valence-corrected chi connectivity index (χ2v) is 24.4. The summed E-state index contributed by atoms with van der Waals surface area (Å²) in [6.07, 6.45) is 3.95. The van der Waals surface area contributed by atoms with Crippen LogP contribution in [0.15, 0.2) is 120 Å². The monoisotopic (exact) mass is 855 g/mol. The van der Waals surface area contributed by atoms with Crippen molar-refractivity contribution < 1.29 is 24.5 Å². The molecule has 239 valence electrons. The Morgan fingerprint density at radius 1 is 0.702 bits per heavy atom. The van der Waals surface area contributed by atoms with E-state index in [1.54, 1.807) is 0 Å². The molecule has 0 amide bonds. The van der Waals surface area contributed by atoms with Gasteiger partial charge in [-0.3, -0.25) is 0 Å². The van der Waals surface area contributed by atoms with E-state index in [2.05, 4.69) is 146 Å². The van der Waals surface area contributed by atoms with Gasteiger partial charge in [0.05, 0.1) is 5.58 Å². The third kappa shape index (κ3) is 7.67. The fourth-order valence-corrected chi connectivity index (χ4v) is 9.40. The van der Waals surface area contributed by atoms with Crippen LogP contribution in [0.2, 0.25) is 17.3 Å². The Morgan fingerprint density at radius 3 is 2.15 bits per heavy atom. The molecule has 0 aliphatic rings. The van der Waals surface area contributed by atoms with Gasteiger partial charge >= 0.3 is 106 Å². The zero-order valence-corrected chi connectivity index (χ0v) is 32.6. The number of hydrogen-bond donors (Lipinski definition) is 0. The Labute approximate surface area is 295 Å². The van der Waals surface area contributed by atoms with Crippen molar-refractivity contribution in [3.05, 3.63) is 139 Å². The molecule has 0 fully saturated rings. The summed E-state index contributed by atoms with van der Waals surface area (Å²) in [4.78, 5) is 9.21. The van der Waals surface area contributed by atoms with Gasteiger partial charge in [0.25, 0.3) is 0 Å². The molecule has 0 atom stereocenters. The minimum absolute atomic E-state index is 0. The number of nitrogens with zero attached hydrogens (tertiary/aromatic N) is 2. The number of benzene rings is 4. The van der Waals surface area contributed by atoms with E-state index in [0.29, 0.717) is 0 Å². The van der Waals surface area contributed by atoms with E-state index in [9.17, 15) is 0 Å². The maximum Gasteiger partial charge on any atom is 0 e. The molecule has 3 nitrogen and oxygen atoms in total. The second-order valence-electron chi connectivity index (χ2n) is 13.9. The van der Waals surface area contributed by atoms with Crippen LogP contribution >= 0.6 is 0 Å². The largest absolute Gasteiger partial charge is 0 e. The number of fused-ring (bicyclic) bond motifs is 3. The summed E-state index contributed by atoms with van der Waals surface area (Å²) >= 11 is -1.77. The normalized spacial score (nSPS) is 11.6. The van der Waals surface area contributed by atoms with Crippen LogP contribution in [-0.4, -0.2) is 23.2 Å². The first-order valence-electron chi connectivity index (χ1n) is 15.8. The topological polar surface area (TPSA) is 38.9 Å². The van der Waals surface area contributed by atoms with Crippen LogP contribution in [0.5, 0.6) is 0 Å². The smallest absolute Gasteiger partial charge is 0 e. The molecular weight excluding hydrogens is 813 g/mol. The first kappa shape index (κ1) is 34.5. The van der Waals surface area contributed by atoms with Gasteiger partial charge in [0.15, 0.2) is 0 Å². The maximum atomic E-state index is 6.28. The molecule has 3 heterocycles. The molecule has 0 N–H and O–H groups in total. The minimum Gasteiger partial charge on any atom is 0 e. The number of hydrogen-bond acceptors (Lipinski definition) is 3. The second kappa shape index (κ2) is 14.1. The van der Waals surface area contributed by atoms with E-state index in [0.717, 1.165) is 44.5 Å². The summed E-state index contributed by atoms with van der Waals surface area (Å²) < 4.78 is 7.77. The molecule has 0 bridgehead atoms. The fraction of sp³-hybridized carbons (Fsp3) is 0.190. The van der Waals surface area contributed by atoms with Crippen molar-refractivity contribution in [1.82, 2.24) is 9.97 Å². The van der Waals surface area contributed by atoms with Crippen molar-refractivity contribution in [2.24, 2.45) is 0 Å². The Hall–Kier alpha value is -3.83. The van der Waals surface area contributed by atoms with E-state index in [4.69, 9.17) is 4.42 Å². The SMILES string of the molecule is CC(C)(C)c1ccnc(-c2[c-]ccc3c2oc2ccc(-c4ccccc4)cc23)c1.Cc1cc(-c2[c-]cccc2)nc[c]1[Ge]([CH3])([CH3])[CH3].[Ir]. The molecule has 0 unspecified atom stereocenters. The zero-order chi connectivity index (χ0) is 32.5. The van der Waals surface area contributed by atoms with Crippen LogP contribution < -0.4 is 4.40 Å². The predicted molar refractivity (Wildman–Crippen MR) is 196 cm³/mol. The Balaban J connectivity index is 0.000000207. The molecule has 1 radical (unpaired) electrons. The van der Waals surface area contributed by atoms with E-state index < -0.39 is 13.3 Å². The van der Waals surface area contributed by atoms with Gasteiger partial charge in [0.2, 0.25) is 0 Å². The van der Waals surface area contributed by atoms with Crippen LogP contribution in [0, 0.1) is 19.1 Å². The molecule has 7 rings (SSSR count). The van der Waals surface area contributed by atoms with Crippen LogP contribution in [0.25, 0.3) is 55.6 Å². The van der Waals surface area contributed by atoms with Crippen molar-refractivity contribution >= 4 is 39.6 Å². The van der Waals surface area contributed by atoms with Crippen molar-refractivity contribution in [3.63, 3.8) is 0 Å². The number of furan rings is 1. The number of pyridine rings is 2. The summed E-state index contributed by atoms with van der Waals surface area (Å²) in [6, 6.07) is 41.8. The standard InChI is InChI=1S/C27H22NO.C15H18GeN.Ir/c1-27(2,3)20-14-15-28-24(17-20)22-11-7-10-21-23-16-19(18-8-5-4-6-9-18)12-13-25(23)29-26(21)22;1-12-10-15(13-8-6-5-7-9-13)17-11-14(12)16(2,3)4;/h4-10,12-17H,1-3H3;5-8,10-11H,1-4H3;/q2*-1;. The molecule has 5 heteroatoms. The van der Waals surface area contributed by atoms with Crippen LogP contribution in [0.1, 0.15) is 31.9 Å². The van der Waals surface area contributed by atoms with Crippen molar-refractivity contribution in [3.8, 4) is 33.6 Å². The van der Waals surface area contributed by atoms with E-state index >= 15 is 0 Å². The van der Waals surface area contributed by atoms with Crippen molar-refractivity contribution in [2.45, 2.75) is 50.4 Å². The molecule has 0 saturated carbocycles. The molecule has 0 aliphatic carbocycles. The van der Waals surface area contributed by atoms with Gasteiger partial charge in [0, 0.05) is 31.7 Å². The molecular formula is C42H40GeIrN2O-2. The predicted octanol–water partition coefficient (Wildman–Crippen LogP) is 10.8. The maximum absolute atomic E-state index is 6.28. The van der Waals surface area contributed by atoms with Gasteiger partial charge < -0.3 is 9.40 Å². The first-order chi connectivity index (χ1) is 22.0. The minimum atomic E-state index is -1.77. The molecule has 0 aliphatic heterocycles. The third-order valence-corrected chi connectivity index (χ3v) is 12.8. The van der Waals surface area contributed by atoms with Crippen molar-refractivity contribution in [2.75, 3.05) is 0 Å². The van der Waals surface area contributed by atoms with E-state index in [-0.39, 0.29) is 25.5 Å². The van der Waals surface area contributed by atoms with Gasteiger partial charge in [-0.15, -0.1) is 18.2 Å². The molecule has 47 heavy (non-hydrogen) atoms. The summed E-state index contributed by atoms with van der Waals surface area (Å²) in [5.74, 6) is 7.20. The molecule has 3 aromatic heterocycles. The molecule has 0 spiro atoms. The zero-order valence-electron chi connectivity index (χ0n) is 28.1. The fourth-order valence-electron chi connectivity index (χ4n) is 5.82. The number of aromatic nitrogens is 2. The van der Waals surface area contributed by atoms with Gasteiger partial charge in [-0.25, -0.2) is 0 Å². The average Bonchev–Trinajstić information content (AvgIpc) is 3.43. The summed E-state index contributed by atoms with van der Waals surface area (Å²) in [6.45, 7) is 8.83. The van der Waals surface area contributed by atoms with Crippen molar-refractivity contribution in [1.29, 1.82) is 0 Å². The van der Waals surface area contributed by atoms with Crippen LogP contribution in [0.3, 0.4) is 0 Å². The number of rotatable bonds is 4. The molecule has 4 aromatic carbocycles. The van der Waals surface area contributed by atoms with E-state index in [1.807, 2.05) is 36.5 Å². The Kier molecular flexibility index (Phi) is 10.4. The van der Waals surface area contributed by atoms with Crippen LogP contribution in [0.4, 0.5) is 0 Å². The summed E-state index contributed by atoms with van der Waals surface area (Å²) in [7, 11) is 0. The third-order valence-electron chi connectivity index (χ3n) is 8.32.